The number of likely N-dealkylation sites (N-methyl/N-ethyl adjacent to an activating group) is 1. The average molecular weight is 553 g/mol. The molecular formula is C27H41IN2O2. The maximum atomic E-state index is 12.1. The summed E-state index contributed by atoms with van der Waals surface area (Å²) < 4.78 is 0.896. The molecule has 6 aliphatic rings. The van der Waals surface area contributed by atoms with Crippen LogP contribution in [-0.2, 0) is 5.41 Å². The van der Waals surface area contributed by atoms with Crippen LogP contribution in [0.5, 0.6) is 0 Å². The number of hydrogen-bond acceptors (Lipinski definition) is 3. The van der Waals surface area contributed by atoms with Crippen LogP contribution in [0.2, 0.25) is 0 Å². The van der Waals surface area contributed by atoms with Crippen LogP contribution in [0.25, 0.3) is 0 Å². The van der Waals surface area contributed by atoms with Crippen LogP contribution in [0.15, 0.2) is 24.3 Å². The van der Waals surface area contributed by atoms with Gasteiger partial charge in [0.1, 0.15) is 6.04 Å². The van der Waals surface area contributed by atoms with Gasteiger partial charge in [-0.1, -0.05) is 51.3 Å². The molecule has 1 spiro atoms. The predicted octanol–water partition coefficient (Wildman–Crippen LogP) is 1.04. The highest BCUT2D eigenvalue weighted by Gasteiger charge is 2.82. The average Bonchev–Trinajstić information content (AvgIpc) is 3.16. The van der Waals surface area contributed by atoms with Crippen LogP contribution in [0.4, 0.5) is 5.69 Å². The van der Waals surface area contributed by atoms with E-state index < -0.39 is 0 Å². The SMILES string of the molecule is CCCCCCC[N+]12C3C[C@@H](C4[C@@H](O)[C@]5(C[C@@H]41)c1ccccc1N(C)[C@@H]35)[C@H](CC)[C@H]2O.[I-]. The fourth-order valence-electron chi connectivity index (χ4n) is 9.83. The van der Waals surface area contributed by atoms with Crippen molar-refractivity contribution in [1.29, 1.82) is 0 Å². The minimum atomic E-state index is -0.273. The first kappa shape index (κ1) is 23.4. The Bertz CT molecular complexity index is 866. The zero-order chi connectivity index (χ0) is 21.5. The molecule has 178 valence electrons. The number of quaternary nitrogens is 1. The van der Waals surface area contributed by atoms with Gasteiger partial charge < -0.3 is 39.1 Å². The molecule has 3 unspecified atom stereocenters. The molecule has 0 aromatic heterocycles. The van der Waals surface area contributed by atoms with E-state index >= 15 is 0 Å². The lowest BCUT2D eigenvalue weighted by molar-refractivity contribution is -1.04. The highest BCUT2D eigenvalue weighted by molar-refractivity contribution is 5.66. The number of halogens is 1. The Kier molecular flexibility index (Phi) is 5.91. The van der Waals surface area contributed by atoms with Gasteiger partial charge in [0.25, 0.3) is 0 Å². The second kappa shape index (κ2) is 8.10. The van der Waals surface area contributed by atoms with E-state index in [1.54, 1.807) is 0 Å². The molecular weight excluding hydrogens is 511 g/mol. The van der Waals surface area contributed by atoms with E-state index in [4.69, 9.17) is 0 Å². The van der Waals surface area contributed by atoms with Gasteiger partial charge in [-0.3, -0.25) is 4.48 Å². The molecule has 0 radical (unpaired) electrons. The number of aliphatic hydroxyl groups is 2. The van der Waals surface area contributed by atoms with Gasteiger partial charge in [-0.2, -0.15) is 0 Å². The van der Waals surface area contributed by atoms with Crippen LogP contribution >= 0.6 is 0 Å². The van der Waals surface area contributed by atoms with Crippen LogP contribution in [-0.4, -0.2) is 58.7 Å². The molecule has 1 aromatic rings. The number of rotatable bonds is 7. The molecule has 1 aliphatic carbocycles. The Morgan fingerprint density at radius 1 is 1.06 bits per heavy atom. The fraction of sp³-hybridized carbons (Fsp3) is 0.778. The van der Waals surface area contributed by atoms with Gasteiger partial charge in [0, 0.05) is 37.4 Å². The minimum Gasteiger partial charge on any atom is -1.00 e. The first-order chi connectivity index (χ1) is 15.0. The third-order valence-electron chi connectivity index (χ3n) is 10.8. The number of nitrogens with zero attached hydrogens (tertiary/aromatic N) is 2. The lowest BCUT2D eigenvalue weighted by atomic mass is 9.60. The molecule has 5 aliphatic heterocycles. The smallest absolute Gasteiger partial charge is 0.194 e. The lowest BCUT2D eigenvalue weighted by Gasteiger charge is -2.68. The number of aliphatic hydroxyl groups excluding tert-OH is 2. The molecule has 0 amide bonds. The minimum absolute atomic E-state index is 0. The monoisotopic (exact) mass is 552 g/mol. The number of hydrogen-bond donors (Lipinski definition) is 2. The highest BCUT2D eigenvalue weighted by Crippen LogP contribution is 2.71. The largest absolute Gasteiger partial charge is 1.00 e. The van der Waals surface area contributed by atoms with Crippen molar-refractivity contribution in [2.75, 3.05) is 18.5 Å². The molecule has 5 heterocycles. The van der Waals surface area contributed by atoms with E-state index in [1.165, 1.54) is 49.8 Å². The maximum Gasteiger partial charge on any atom is 0.194 e. The Hall–Kier alpha value is -0.370. The molecule has 4 nitrogen and oxygen atoms in total. The van der Waals surface area contributed by atoms with Gasteiger partial charge in [-0.05, 0) is 36.8 Å². The fourth-order valence-corrected chi connectivity index (χ4v) is 9.83. The van der Waals surface area contributed by atoms with Gasteiger partial charge >= 0.3 is 0 Å². The van der Waals surface area contributed by atoms with E-state index in [0.717, 1.165) is 23.9 Å². The first-order valence-corrected chi connectivity index (χ1v) is 13.1. The molecule has 4 saturated heterocycles. The lowest BCUT2D eigenvalue weighted by Crippen LogP contribution is -3.00. The van der Waals surface area contributed by atoms with E-state index in [2.05, 4.69) is 50.1 Å². The van der Waals surface area contributed by atoms with Gasteiger partial charge in [-0.15, -0.1) is 0 Å². The number of fused-ring (bicyclic) bond motifs is 2. The molecule has 5 bridgehead atoms. The molecule has 2 N–H and O–H groups in total. The van der Waals surface area contributed by atoms with Gasteiger partial charge in [0.15, 0.2) is 6.23 Å². The van der Waals surface area contributed by atoms with Crippen LogP contribution in [0.1, 0.15) is 70.8 Å². The van der Waals surface area contributed by atoms with E-state index in [0.29, 0.717) is 35.9 Å². The van der Waals surface area contributed by atoms with Crippen molar-refractivity contribution in [3.63, 3.8) is 0 Å². The van der Waals surface area contributed by atoms with Gasteiger partial charge in [0.05, 0.1) is 30.1 Å². The normalized spacial score (nSPS) is 46.8. The zero-order valence-corrected chi connectivity index (χ0v) is 22.1. The van der Waals surface area contributed by atoms with Crippen molar-refractivity contribution in [2.24, 2.45) is 17.8 Å². The van der Waals surface area contributed by atoms with Gasteiger partial charge in [0.2, 0.25) is 0 Å². The Morgan fingerprint density at radius 2 is 1.81 bits per heavy atom. The molecule has 7 rings (SSSR count). The molecule has 1 saturated carbocycles. The number of unbranched alkanes of at least 4 members (excludes halogenated alkanes) is 4. The number of piperidine rings is 4. The Morgan fingerprint density at radius 3 is 2.56 bits per heavy atom. The van der Waals surface area contributed by atoms with Crippen LogP contribution in [0, 0.1) is 17.8 Å². The van der Waals surface area contributed by atoms with Crippen molar-refractivity contribution >= 4 is 5.69 Å². The molecule has 32 heavy (non-hydrogen) atoms. The summed E-state index contributed by atoms with van der Waals surface area (Å²) in [6.07, 6.45) is 9.15. The number of para-hydroxylation sites is 1. The molecule has 5 heteroatoms. The van der Waals surface area contributed by atoms with Crippen LogP contribution < -0.4 is 28.9 Å². The number of benzene rings is 1. The van der Waals surface area contributed by atoms with Crippen molar-refractivity contribution in [3.05, 3.63) is 29.8 Å². The van der Waals surface area contributed by atoms with Crippen molar-refractivity contribution in [2.45, 2.75) is 101 Å². The standard InChI is InChI=1S/C27H41N2O2.HI/c1-4-6-7-8-11-14-29-21-15-18(17(5-2)26(29)31)23-22(29)16-27(25(23)30)19-12-9-10-13-20(19)28(3)24(21)27;/h9-10,12-13,17-18,21-26,30-31H,4-8,11,14-16H2,1-3H3;1H/q+1;/p-1/t17-,18+,21?,22-,23?,24-,25+,26+,27+,29?;/m0./s1. The summed E-state index contributed by atoms with van der Waals surface area (Å²) in [6.45, 7) is 5.64. The zero-order valence-electron chi connectivity index (χ0n) is 20.0. The second-order valence-corrected chi connectivity index (χ2v) is 11.5. The summed E-state index contributed by atoms with van der Waals surface area (Å²) in [7, 11) is 2.26. The van der Waals surface area contributed by atoms with Crippen molar-refractivity contribution < 1.29 is 38.7 Å². The first-order valence-electron chi connectivity index (χ1n) is 13.1. The third kappa shape index (κ3) is 2.55. The predicted molar refractivity (Wildman–Crippen MR) is 124 cm³/mol. The van der Waals surface area contributed by atoms with E-state index in [1.807, 2.05) is 0 Å². The van der Waals surface area contributed by atoms with E-state index in [9.17, 15) is 10.2 Å². The molecule has 5 fully saturated rings. The summed E-state index contributed by atoms with van der Waals surface area (Å²) >= 11 is 0. The summed E-state index contributed by atoms with van der Waals surface area (Å²) in [5.41, 5.74) is 2.57. The molecule has 1 aromatic carbocycles. The topological polar surface area (TPSA) is 43.7 Å². The highest BCUT2D eigenvalue weighted by atomic mass is 127. The van der Waals surface area contributed by atoms with Crippen molar-refractivity contribution in [1.82, 2.24) is 0 Å². The van der Waals surface area contributed by atoms with Crippen LogP contribution in [0.3, 0.4) is 0 Å². The van der Waals surface area contributed by atoms with Crippen molar-refractivity contribution in [3.8, 4) is 0 Å². The number of anilines is 1. The van der Waals surface area contributed by atoms with Gasteiger partial charge in [-0.25, -0.2) is 0 Å². The second-order valence-electron chi connectivity index (χ2n) is 11.5. The third-order valence-corrected chi connectivity index (χ3v) is 10.8. The summed E-state index contributed by atoms with van der Waals surface area (Å²) in [4.78, 5) is 2.51. The quantitative estimate of drug-likeness (QED) is 0.302. The summed E-state index contributed by atoms with van der Waals surface area (Å²) in [5.74, 6) is 1.18. The van der Waals surface area contributed by atoms with E-state index in [-0.39, 0.29) is 41.7 Å². The summed E-state index contributed by atoms with van der Waals surface area (Å²) in [5, 5.41) is 24.0. The Balaban J connectivity index is 0.00000216. The molecule has 10 atom stereocenters. The maximum absolute atomic E-state index is 12.1. The summed E-state index contributed by atoms with van der Waals surface area (Å²) in [6, 6.07) is 10.0. The Labute approximate surface area is 211 Å².